The molecule has 2 nitrogen and oxygen atoms in total. The Morgan fingerprint density at radius 3 is 2.92 bits per heavy atom. The van der Waals surface area contributed by atoms with Crippen molar-refractivity contribution >= 4 is 22.0 Å². The lowest BCUT2D eigenvalue weighted by molar-refractivity contribution is 1.27. The summed E-state index contributed by atoms with van der Waals surface area (Å²) in [7, 11) is 0. The minimum absolute atomic E-state index is 0.589. The van der Waals surface area contributed by atoms with E-state index in [1.807, 2.05) is 24.3 Å². The zero-order valence-corrected chi connectivity index (χ0v) is 7.95. The van der Waals surface area contributed by atoms with E-state index in [9.17, 15) is 0 Å². The molecule has 0 unspecified atom stereocenters. The molecule has 0 spiro atoms. The summed E-state index contributed by atoms with van der Waals surface area (Å²) in [6.07, 6.45) is 5.41. The number of alkyl halides is 1. The highest BCUT2D eigenvalue weighted by Crippen LogP contribution is 2.00. The van der Waals surface area contributed by atoms with Gasteiger partial charge in [-0.15, -0.1) is 0 Å². The molecule has 60 valence electrons. The first-order valence-electron chi connectivity index (χ1n) is 3.45. The second-order valence-corrected chi connectivity index (χ2v) is 2.79. The van der Waals surface area contributed by atoms with Crippen molar-refractivity contribution in [2.24, 2.45) is 0 Å². The lowest BCUT2D eigenvalue weighted by Crippen LogP contribution is -1.81. The van der Waals surface area contributed by atoms with Crippen molar-refractivity contribution in [1.29, 1.82) is 5.26 Å². The van der Waals surface area contributed by atoms with Gasteiger partial charge in [0, 0.05) is 11.5 Å². The molecule has 0 aromatic carbocycles. The van der Waals surface area contributed by atoms with Crippen LogP contribution in [0.5, 0.6) is 0 Å². The summed E-state index contributed by atoms with van der Waals surface area (Å²) in [5, 5.41) is 9.30. The number of nitriles is 1. The van der Waals surface area contributed by atoms with Gasteiger partial charge in [-0.25, -0.2) is 0 Å². The maximum atomic E-state index is 8.49. The summed E-state index contributed by atoms with van der Waals surface area (Å²) in [6.45, 7) is 0. The van der Waals surface area contributed by atoms with E-state index in [-0.39, 0.29) is 0 Å². The summed E-state index contributed by atoms with van der Waals surface area (Å²) in [5.74, 6) is 0. The molecule has 0 aliphatic carbocycles. The molecule has 1 heterocycles. The van der Waals surface area contributed by atoms with Gasteiger partial charge < -0.3 is 0 Å². The van der Waals surface area contributed by atoms with Crippen molar-refractivity contribution < 1.29 is 0 Å². The van der Waals surface area contributed by atoms with Crippen LogP contribution in [0.3, 0.4) is 0 Å². The van der Waals surface area contributed by atoms with Crippen molar-refractivity contribution in [3.63, 3.8) is 0 Å². The Balaban J connectivity index is 2.80. The third kappa shape index (κ3) is 2.48. The van der Waals surface area contributed by atoms with Crippen molar-refractivity contribution in [2.45, 2.75) is 0 Å². The highest BCUT2D eigenvalue weighted by atomic mass is 79.9. The van der Waals surface area contributed by atoms with E-state index in [1.165, 1.54) is 0 Å². The number of rotatable bonds is 2. The topological polar surface area (TPSA) is 36.7 Å². The van der Waals surface area contributed by atoms with Crippen molar-refractivity contribution in [3.05, 3.63) is 35.7 Å². The van der Waals surface area contributed by atoms with Crippen LogP contribution in [-0.2, 0) is 0 Å². The van der Waals surface area contributed by atoms with E-state index in [1.54, 1.807) is 12.3 Å². The zero-order valence-electron chi connectivity index (χ0n) is 6.37. The van der Waals surface area contributed by atoms with Crippen LogP contribution < -0.4 is 0 Å². The molecule has 0 atom stereocenters. The summed E-state index contributed by atoms with van der Waals surface area (Å²) >= 11 is 3.27. The van der Waals surface area contributed by atoms with Crippen molar-refractivity contribution in [2.75, 3.05) is 5.33 Å². The molecule has 0 N–H and O–H groups in total. The fourth-order valence-corrected chi connectivity index (χ4v) is 0.922. The Morgan fingerprint density at radius 2 is 2.42 bits per heavy atom. The van der Waals surface area contributed by atoms with Gasteiger partial charge in [0.1, 0.15) is 6.07 Å². The van der Waals surface area contributed by atoms with Gasteiger partial charge in [-0.1, -0.05) is 22.0 Å². The SMILES string of the molecule is N#Cc1ccc(C=CCBr)nc1. The van der Waals surface area contributed by atoms with Gasteiger partial charge in [0.05, 0.1) is 11.3 Å². The minimum atomic E-state index is 0.589. The van der Waals surface area contributed by atoms with Gasteiger partial charge in [-0.2, -0.15) is 5.26 Å². The van der Waals surface area contributed by atoms with Crippen LogP contribution in [-0.4, -0.2) is 10.3 Å². The third-order valence-corrected chi connectivity index (χ3v) is 1.67. The van der Waals surface area contributed by atoms with Gasteiger partial charge in [0.25, 0.3) is 0 Å². The smallest absolute Gasteiger partial charge is 0.101 e. The maximum Gasteiger partial charge on any atom is 0.101 e. The van der Waals surface area contributed by atoms with Gasteiger partial charge in [-0.05, 0) is 18.2 Å². The molecule has 12 heavy (non-hydrogen) atoms. The molecule has 1 rings (SSSR count). The summed E-state index contributed by atoms with van der Waals surface area (Å²) < 4.78 is 0. The molecule has 1 aromatic heterocycles. The average Bonchev–Trinajstić information content (AvgIpc) is 2.15. The normalized spacial score (nSPS) is 10.0. The minimum Gasteiger partial charge on any atom is -0.256 e. The van der Waals surface area contributed by atoms with Crippen LogP contribution in [0.1, 0.15) is 11.3 Å². The fraction of sp³-hybridized carbons (Fsp3) is 0.111. The first-order chi connectivity index (χ1) is 5.86. The average molecular weight is 223 g/mol. The highest BCUT2D eigenvalue weighted by molar-refractivity contribution is 9.09. The van der Waals surface area contributed by atoms with E-state index in [4.69, 9.17) is 5.26 Å². The number of hydrogen-bond acceptors (Lipinski definition) is 2. The largest absolute Gasteiger partial charge is 0.256 e. The maximum absolute atomic E-state index is 8.49. The molecule has 0 saturated heterocycles. The number of pyridine rings is 1. The van der Waals surface area contributed by atoms with Crippen LogP contribution in [0.2, 0.25) is 0 Å². The van der Waals surface area contributed by atoms with E-state index >= 15 is 0 Å². The van der Waals surface area contributed by atoms with E-state index in [2.05, 4.69) is 20.9 Å². The van der Waals surface area contributed by atoms with Crippen LogP contribution in [0, 0.1) is 11.3 Å². The molecule has 0 fully saturated rings. The first kappa shape index (κ1) is 8.95. The summed E-state index contributed by atoms with van der Waals surface area (Å²) in [4.78, 5) is 4.06. The monoisotopic (exact) mass is 222 g/mol. The van der Waals surface area contributed by atoms with Gasteiger partial charge in [-0.3, -0.25) is 4.98 Å². The van der Waals surface area contributed by atoms with Gasteiger partial charge in [0.2, 0.25) is 0 Å². The van der Waals surface area contributed by atoms with E-state index in [0.717, 1.165) is 11.0 Å². The Labute approximate surface area is 79.7 Å². The van der Waals surface area contributed by atoms with Crippen LogP contribution >= 0.6 is 15.9 Å². The zero-order chi connectivity index (χ0) is 8.81. The van der Waals surface area contributed by atoms with Crippen LogP contribution in [0.25, 0.3) is 6.08 Å². The Kier molecular flexibility index (Phi) is 3.49. The van der Waals surface area contributed by atoms with Crippen molar-refractivity contribution in [3.8, 4) is 6.07 Å². The predicted molar refractivity (Wildman–Crippen MR) is 51.8 cm³/mol. The quantitative estimate of drug-likeness (QED) is 0.721. The fourth-order valence-electron chi connectivity index (χ4n) is 0.735. The molecule has 0 amide bonds. The Bertz CT molecular complexity index is 308. The number of halogens is 1. The standard InChI is InChI=1S/C9H7BrN2/c10-5-1-2-9-4-3-8(6-11)7-12-9/h1-4,7H,5H2. The highest BCUT2D eigenvalue weighted by Gasteiger charge is 1.89. The van der Waals surface area contributed by atoms with Crippen LogP contribution in [0.4, 0.5) is 0 Å². The molecule has 0 aliphatic heterocycles. The summed E-state index contributed by atoms with van der Waals surface area (Å²) in [5.41, 5.74) is 1.46. The molecule has 0 bridgehead atoms. The lowest BCUT2D eigenvalue weighted by atomic mass is 10.2. The van der Waals surface area contributed by atoms with Crippen LogP contribution in [0.15, 0.2) is 24.4 Å². The number of hydrogen-bond donors (Lipinski definition) is 0. The van der Waals surface area contributed by atoms with E-state index in [0.29, 0.717) is 5.56 Å². The molecular weight excluding hydrogens is 216 g/mol. The third-order valence-electron chi connectivity index (χ3n) is 1.29. The first-order valence-corrected chi connectivity index (χ1v) is 4.57. The summed E-state index contributed by atoms with van der Waals surface area (Å²) in [6, 6.07) is 5.58. The Morgan fingerprint density at radius 1 is 1.58 bits per heavy atom. The molecule has 0 radical (unpaired) electrons. The molecule has 0 aliphatic rings. The van der Waals surface area contributed by atoms with Gasteiger partial charge in [0.15, 0.2) is 0 Å². The molecular formula is C9H7BrN2. The Hall–Kier alpha value is -1.14. The van der Waals surface area contributed by atoms with Crippen molar-refractivity contribution in [1.82, 2.24) is 4.98 Å². The lowest BCUT2D eigenvalue weighted by Gasteiger charge is -1.90. The number of aromatic nitrogens is 1. The molecule has 1 aromatic rings. The predicted octanol–water partition coefficient (Wildman–Crippen LogP) is 2.36. The van der Waals surface area contributed by atoms with E-state index < -0.39 is 0 Å². The second-order valence-electron chi connectivity index (χ2n) is 2.14. The second kappa shape index (κ2) is 4.68. The molecule has 3 heteroatoms. The molecule has 0 saturated carbocycles. The number of nitrogens with zero attached hydrogens (tertiary/aromatic N) is 2. The van der Waals surface area contributed by atoms with Gasteiger partial charge >= 0.3 is 0 Å². The number of allylic oxidation sites excluding steroid dienone is 1.